The zero-order valence-corrected chi connectivity index (χ0v) is 13.1. The van der Waals surface area contributed by atoms with E-state index in [1.165, 1.54) is 54.7 Å². The summed E-state index contributed by atoms with van der Waals surface area (Å²) in [5, 5.41) is 7.61. The van der Waals surface area contributed by atoms with Crippen LogP contribution in [0.1, 0.15) is 43.4 Å². The predicted octanol–water partition coefficient (Wildman–Crippen LogP) is 3.97. The fourth-order valence-electron chi connectivity index (χ4n) is 3.46. The van der Waals surface area contributed by atoms with Crippen LogP contribution in [0.25, 0.3) is 11.1 Å². The van der Waals surface area contributed by atoms with E-state index in [-0.39, 0.29) is 0 Å². The molecule has 1 N–H and O–H groups in total. The summed E-state index contributed by atoms with van der Waals surface area (Å²) >= 11 is 0. The number of nitrogens with zero attached hydrogens (tertiary/aromatic N) is 2. The van der Waals surface area contributed by atoms with Crippen LogP contribution in [0.5, 0.6) is 0 Å². The minimum atomic E-state index is 0.586. The molecule has 112 valence electrons. The Morgan fingerprint density at radius 3 is 3.10 bits per heavy atom. The van der Waals surface area contributed by atoms with Gasteiger partial charge in [-0.15, -0.1) is 0 Å². The minimum Gasteiger partial charge on any atom is -0.303 e. The van der Waals surface area contributed by atoms with E-state index in [4.69, 9.17) is 0 Å². The van der Waals surface area contributed by atoms with E-state index in [1.54, 1.807) is 0 Å². The topological polar surface area (TPSA) is 31.9 Å². The second-order valence-corrected chi connectivity index (χ2v) is 6.21. The Kier molecular flexibility index (Phi) is 4.39. The first-order chi connectivity index (χ1) is 10.3. The average molecular weight is 283 g/mol. The standard InChI is InChI=1S/C18H25N3/c1-3-9-21-10-5-8-16(13-21)18-17(12-19-20-18)15-7-4-6-14(2)11-15/h4,6-7,11-12,16H,3,5,8-10,13H2,1-2H3,(H,19,20)/t16-/m1/s1. The molecular formula is C18H25N3. The van der Waals surface area contributed by atoms with Crippen molar-refractivity contribution in [2.45, 2.75) is 39.0 Å². The lowest BCUT2D eigenvalue weighted by Gasteiger charge is -2.32. The number of piperidine rings is 1. The summed E-state index contributed by atoms with van der Waals surface area (Å²) in [5.74, 6) is 0.586. The fraction of sp³-hybridized carbons (Fsp3) is 0.500. The Labute approximate surface area is 127 Å². The lowest BCUT2D eigenvalue weighted by Crippen LogP contribution is -2.35. The first kappa shape index (κ1) is 14.3. The van der Waals surface area contributed by atoms with Crippen molar-refractivity contribution in [3.05, 3.63) is 41.7 Å². The molecule has 1 aromatic carbocycles. The van der Waals surface area contributed by atoms with Gasteiger partial charge in [-0.05, 0) is 44.8 Å². The van der Waals surface area contributed by atoms with Gasteiger partial charge in [-0.3, -0.25) is 5.10 Å². The summed E-state index contributed by atoms with van der Waals surface area (Å²) < 4.78 is 0. The molecule has 1 aliphatic rings. The van der Waals surface area contributed by atoms with Crippen molar-refractivity contribution >= 4 is 0 Å². The van der Waals surface area contributed by atoms with Crippen LogP contribution in [0.2, 0.25) is 0 Å². The largest absolute Gasteiger partial charge is 0.303 e. The molecule has 3 rings (SSSR count). The number of aromatic amines is 1. The number of rotatable bonds is 4. The van der Waals surface area contributed by atoms with Gasteiger partial charge in [-0.25, -0.2) is 0 Å². The highest BCUT2D eigenvalue weighted by Gasteiger charge is 2.24. The van der Waals surface area contributed by atoms with E-state index in [9.17, 15) is 0 Å². The Hall–Kier alpha value is -1.61. The van der Waals surface area contributed by atoms with E-state index >= 15 is 0 Å². The summed E-state index contributed by atoms with van der Waals surface area (Å²) in [6.45, 7) is 8.03. The molecule has 0 radical (unpaired) electrons. The van der Waals surface area contributed by atoms with E-state index in [2.05, 4.69) is 53.2 Å². The number of hydrogen-bond donors (Lipinski definition) is 1. The third kappa shape index (κ3) is 3.18. The van der Waals surface area contributed by atoms with Crippen molar-refractivity contribution < 1.29 is 0 Å². The Balaban J connectivity index is 1.85. The lowest BCUT2D eigenvalue weighted by atomic mass is 9.90. The molecule has 0 unspecified atom stereocenters. The molecule has 0 amide bonds. The number of benzene rings is 1. The maximum Gasteiger partial charge on any atom is 0.0568 e. The van der Waals surface area contributed by atoms with Gasteiger partial charge in [-0.2, -0.15) is 5.10 Å². The molecule has 3 nitrogen and oxygen atoms in total. The normalized spacial score (nSPS) is 19.8. The van der Waals surface area contributed by atoms with Crippen LogP contribution in [0.3, 0.4) is 0 Å². The average Bonchev–Trinajstić information content (AvgIpc) is 2.97. The zero-order valence-electron chi connectivity index (χ0n) is 13.1. The molecule has 1 fully saturated rings. The van der Waals surface area contributed by atoms with Gasteiger partial charge in [-0.1, -0.05) is 36.8 Å². The zero-order chi connectivity index (χ0) is 14.7. The highest BCUT2D eigenvalue weighted by atomic mass is 15.1. The molecule has 1 aromatic heterocycles. The third-order valence-electron chi connectivity index (χ3n) is 4.45. The van der Waals surface area contributed by atoms with Crippen LogP contribution in [-0.2, 0) is 0 Å². The van der Waals surface area contributed by atoms with Gasteiger partial charge < -0.3 is 4.90 Å². The Bertz CT molecular complexity index is 586. The first-order valence-electron chi connectivity index (χ1n) is 8.10. The van der Waals surface area contributed by atoms with Gasteiger partial charge in [0, 0.05) is 23.7 Å². The van der Waals surface area contributed by atoms with Crippen LogP contribution in [0.4, 0.5) is 0 Å². The van der Waals surface area contributed by atoms with Gasteiger partial charge in [0.25, 0.3) is 0 Å². The van der Waals surface area contributed by atoms with Crippen molar-refractivity contribution in [1.82, 2.24) is 15.1 Å². The SMILES string of the molecule is CCCN1CCC[C@@H](c2[nH]ncc2-c2cccc(C)c2)C1. The summed E-state index contributed by atoms with van der Waals surface area (Å²) in [6.07, 6.45) is 5.78. The molecule has 0 spiro atoms. The van der Waals surface area contributed by atoms with Gasteiger partial charge in [0.2, 0.25) is 0 Å². The summed E-state index contributed by atoms with van der Waals surface area (Å²) in [4.78, 5) is 2.59. The molecular weight excluding hydrogens is 258 g/mol. The minimum absolute atomic E-state index is 0.586. The number of hydrogen-bond acceptors (Lipinski definition) is 2. The summed E-state index contributed by atoms with van der Waals surface area (Å²) in [6, 6.07) is 8.72. The van der Waals surface area contributed by atoms with Gasteiger partial charge in [0.1, 0.15) is 0 Å². The van der Waals surface area contributed by atoms with E-state index in [1.807, 2.05) is 6.20 Å². The molecule has 3 heteroatoms. The van der Waals surface area contributed by atoms with E-state index < -0.39 is 0 Å². The van der Waals surface area contributed by atoms with Gasteiger partial charge in [0.05, 0.1) is 6.20 Å². The number of aromatic nitrogens is 2. The molecule has 1 saturated heterocycles. The molecule has 1 atom stereocenters. The Morgan fingerprint density at radius 1 is 1.38 bits per heavy atom. The predicted molar refractivity (Wildman–Crippen MR) is 87.5 cm³/mol. The second kappa shape index (κ2) is 6.44. The Morgan fingerprint density at radius 2 is 2.29 bits per heavy atom. The van der Waals surface area contributed by atoms with Crippen molar-refractivity contribution in [3.8, 4) is 11.1 Å². The molecule has 0 aliphatic carbocycles. The highest BCUT2D eigenvalue weighted by Crippen LogP contribution is 2.33. The van der Waals surface area contributed by atoms with Crippen molar-refractivity contribution in [1.29, 1.82) is 0 Å². The highest BCUT2D eigenvalue weighted by molar-refractivity contribution is 5.66. The number of likely N-dealkylation sites (tertiary alicyclic amines) is 1. The summed E-state index contributed by atoms with van der Waals surface area (Å²) in [7, 11) is 0. The molecule has 2 aromatic rings. The van der Waals surface area contributed by atoms with E-state index in [0.717, 1.165) is 6.54 Å². The molecule has 0 bridgehead atoms. The lowest BCUT2D eigenvalue weighted by molar-refractivity contribution is 0.207. The van der Waals surface area contributed by atoms with Crippen LogP contribution >= 0.6 is 0 Å². The third-order valence-corrected chi connectivity index (χ3v) is 4.45. The first-order valence-corrected chi connectivity index (χ1v) is 8.10. The maximum atomic E-state index is 4.33. The molecule has 0 saturated carbocycles. The van der Waals surface area contributed by atoms with Crippen LogP contribution < -0.4 is 0 Å². The van der Waals surface area contributed by atoms with Crippen LogP contribution in [0.15, 0.2) is 30.5 Å². The van der Waals surface area contributed by atoms with E-state index in [0.29, 0.717) is 5.92 Å². The van der Waals surface area contributed by atoms with Crippen molar-refractivity contribution in [3.63, 3.8) is 0 Å². The summed E-state index contributed by atoms with van der Waals surface area (Å²) in [5.41, 5.74) is 5.19. The number of nitrogens with one attached hydrogen (secondary N) is 1. The number of aryl methyl sites for hydroxylation is 1. The smallest absolute Gasteiger partial charge is 0.0568 e. The quantitative estimate of drug-likeness (QED) is 0.920. The maximum absolute atomic E-state index is 4.33. The monoisotopic (exact) mass is 283 g/mol. The van der Waals surface area contributed by atoms with Crippen LogP contribution in [0, 0.1) is 6.92 Å². The molecule has 1 aliphatic heterocycles. The fourth-order valence-corrected chi connectivity index (χ4v) is 3.46. The van der Waals surface area contributed by atoms with Crippen LogP contribution in [-0.4, -0.2) is 34.7 Å². The van der Waals surface area contributed by atoms with Crippen molar-refractivity contribution in [2.24, 2.45) is 0 Å². The van der Waals surface area contributed by atoms with Gasteiger partial charge >= 0.3 is 0 Å². The molecule has 2 heterocycles. The second-order valence-electron chi connectivity index (χ2n) is 6.21. The molecule has 21 heavy (non-hydrogen) atoms. The van der Waals surface area contributed by atoms with Crippen molar-refractivity contribution in [2.75, 3.05) is 19.6 Å². The van der Waals surface area contributed by atoms with Gasteiger partial charge in [0.15, 0.2) is 0 Å². The number of H-pyrrole nitrogens is 1.